The van der Waals surface area contributed by atoms with E-state index in [0.29, 0.717) is 18.8 Å². The monoisotopic (exact) mass is 397 g/mol. The van der Waals surface area contributed by atoms with E-state index in [2.05, 4.69) is 68.1 Å². The maximum atomic E-state index is 13.2. The van der Waals surface area contributed by atoms with Crippen molar-refractivity contribution in [2.45, 2.75) is 53.0 Å². The molecule has 0 saturated carbocycles. The first-order valence-electron chi connectivity index (χ1n) is 10.5. The summed E-state index contributed by atoms with van der Waals surface area (Å²) < 4.78 is 0. The third kappa shape index (κ3) is 7.80. The molecule has 0 saturated heterocycles. The highest BCUT2D eigenvalue weighted by atomic mass is 16.1. The molecular formula is C25H39N3O. The summed E-state index contributed by atoms with van der Waals surface area (Å²) in [4.78, 5) is 13.2. The van der Waals surface area contributed by atoms with Crippen molar-refractivity contribution in [3.8, 4) is 0 Å². The maximum absolute atomic E-state index is 13.2. The van der Waals surface area contributed by atoms with Crippen LogP contribution in [0.5, 0.6) is 0 Å². The smallest absolute Gasteiger partial charge is 0.224 e. The van der Waals surface area contributed by atoms with Gasteiger partial charge in [0.25, 0.3) is 0 Å². The maximum Gasteiger partial charge on any atom is 0.224 e. The van der Waals surface area contributed by atoms with Gasteiger partial charge in [-0.1, -0.05) is 57.3 Å². The highest BCUT2D eigenvalue weighted by molar-refractivity contribution is 5.80. The second kappa shape index (κ2) is 12.2. The third-order valence-corrected chi connectivity index (χ3v) is 5.29. The van der Waals surface area contributed by atoms with Gasteiger partial charge in [-0.3, -0.25) is 4.79 Å². The molecule has 0 bridgehead atoms. The fourth-order valence-electron chi connectivity index (χ4n) is 3.51. The first-order chi connectivity index (χ1) is 13.7. The first-order valence-corrected chi connectivity index (χ1v) is 10.5. The van der Waals surface area contributed by atoms with E-state index in [0.717, 1.165) is 17.8 Å². The van der Waals surface area contributed by atoms with Gasteiger partial charge in [-0.15, -0.1) is 0 Å². The third-order valence-electron chi connectivity index (χ3n) is 5.29. The lowest BCUT2D eigenvalue weighted by Crippen LogP contribution is -2.43. The van der Waals surface area contributed by atoms with Crippen molar-refractivity contribution in [1.82, 2.24) is 16.0 Å². The highest BCUT2D eigenvalue weighted by Crippen LogP contribution is 2.25. The minimum atomic E-state index is -0.184. The number of aryl methyl sites for hydroxylation is 1. The molecule has 2 atom stereocenters. The van der Waals surface area contributed by atoms with Crippen LogP contribution in [0.4, 0.5) is 0 Å². The fourth-order valence-corrected chi connectivity index (χ4v) is 3.51. The van der Waals surface area contributed by atoms with E-state index in [1.54, 1.807) is 0 Å². The van der Waals surface area contributed by atoms with E-state index in [1.165, 1.54) is 16.7 Å². The van der Waals surface area contributed by atoms with Crippen LogP contribution in [0, 0.1) is 18.8 Å². The topological polar surface area (TPSA) is 53.2 Å². The zero-order valence-electron chi connectivity index (χ0n) is 19.1. The number of amides is 1. The molecule has 1 unspecified atom stereocenters. The van der Waals surface area contributed by atoms with Gasteiger partial charge in [-0.2, -0.15) is 0 Å². The van der Waals surface area contributed by atoms with E-state index < -0.39 is 0 Å². The predicted molar refractivity (Wildman–Crippen MR) is 125 cm³/mol. The molecule has 1 rings (SSSR count). The Hall–Kier alpha value is -2.49. The number of nitrogens with one attached hydrogen (secondary N) is 3. The van der Waals surface area contributed by atoms with Gasteiger partial charge in [0.05, 0.1) is 6.04 Å². The summed E-state index contributed by atoms with van der Waals surface area (Å²) in [5.41, 5.74) is 5.32. The predicted octanol–water partition coefficient (Wildman–Crippen LogP) is 4.79. The summed E-state index contributed by atoms with van der Waals surface area (Å²) in [5.74, 6) is 0.366. The van der Waals surface area contributed by atoms with Crippen LogP contribution in [-0.4, -0.2) is 26.0 Å². The molecule has 0 aromatic heterocycles. The second-order valence-corrected chi connectivity index (χ2v) is 8.05. The average Bonchev–Trinajstić information content (AvgIpc) is 2.69. The van der Waals surface area contributed by atoms with Gasteiger partial charge in [-0.05, 0) is 55.7 Å². The molecule has 0 radical (unpaired) electrons. The molecule has 4 nitrogen and oxygen atoms in total. The van der Waals surface area contributed by atoms with Crippen LogP contribution < -0.4 is 16.0 Å². The molecule has 3 N–H and O–H groups in total. The Morgan fingerprint density at radius 1 is 1.10 bits per heavy atom. The second-order valence-electron chi connectivity index (χ2n) is 8.05. The fraction of sp³-hybridized carbons (Fsp3) is 0.480. The zero-order valence-corrected chi connectivity index (χ0v) is 19.1. The molecule has 0 aliphatic rings. The Morgan fingerprint density at radius 3 is 2.28 bits per heavy atom. The first kappa shape index (κ1) is 24.5. The summed E-state index contributed by atoms with van der Waals surface area (Å²) >= 11 is 0. The Kier molecular flexibility index (Phi) is 10.3. The van der Waals surface area contributed by atoms with E-state index in [-0.39, 0.29) is 17.9 Å². The van der Waals surface area contributed by atoms with Crippen molar-refractivity contribution in [1.29, 1.82) is 0 Å². The van der Waals surface area contributed by atoms with Gasteiger partial charge >= 0.3 is 0 Å². The molecule has 29 heavy (non-hydrogen) atoms. The quantitative estimate of drug-likeness (QED) is 0.475. The minimum absolute atomic E-state index is 0.0525. The van der Waals surface area contributed by atoms with E-state index in [9.17, 15) is 4.79 Å². The van der Waals surface area contributed by atoms with Crippen molar-refractivity contribution >= 4 is 11.5 Å². The van der Waals surface area contributed by atoms with Gasteiger partial charge < -0.3 is 16.0 Å². The molecule has 1 aromatic carbocycles. The lowest BCUT2D eigenvalue weighted by Gasteiger charge is -2.27. The molecule has 1 aromatic rings. The lowest BCUT2D eigenvalue weighted by molar-refractivity contribution is -0.126. The van der Waals surface area contributed by atoms with Crippen molar-refractivity contribution in [3.05, 3.63) is 66.0 Å². The molecule has 0 spiro atoms. The molecule has 1 amide bonds. The molecule has 160 valence electrons. The number of likely N-dealkylation sites (N-methyl/N-ethyl adjacent to an activating group) is 1. The SMILES string of the molecule is C=C(CC(CC(C)C)C(=O)N[C@@H](C/C(=C/C)c1ccccc1C)C(=C)NC)NC. The van der Waals surface area contributed by atoms with Crippen LogP contribution in [0.1, 0.15) is 51.2 Å². The van der Waals surface area contributed by atoms with Crippen LogP contribution >= 0.6 is 0 Å². The molecule has 0 aliphatic carbocycles. The van der Waals surface area contributed by atoms with Crippen LogP contribution in [-0.2, 0) is 4.79 Å². The Labute approximate surface area is 177 Å². The molecule has 4 heteroatoms. The molecule has 0 aliphatic heterocycles. The van der Waals surface area contributed by atoms with E-state index in [1.807, 2.05) is 33.2 Å². The number of rotatable bonds is 12. The Balaban J connectivity index is 3.05. The highest BCUT2D eigenvalue weighted by Gasteiger charge is 2.25. The van der Waals surface area contributed by atoms with E-state index >= 15 is 0 Å². The van der Waals surface area contributed by atoms with Crippen molar-refractivity contribution in [3.63, 3.8) is 0 Å². The number of benzene rings is 1. The summed E-state index contributed by atoms with van der Waals surface area (Å²) in [6, 6.07) is 8.15. The number of carbonyl (C=O) groups excluding carboxylic acids is 1. The number of hydrogen-bond donors (Lipinski definition) is 3. The molecular weight excluding hydrogens is 358 g/mol. The Bertz CT molecular complexity index is 733. The number of carbonyl (C=O) groups is 1. The Morgan fingerprint density at radius 2 is 1.76 bits per heavy atom. The average molecular weight is 398 g/mol. The van der Waals surface area contributed by atoms with Crippen molar-refractivity contribution < 1.29 is 4.79 Å². The summed E-state index contributed by atoms with van der Waals surface area (Å²) in [5, 5.41) is 9.44. The van der Waals surface area contributed by atoms with Crippen molar-refractivity contribution in [2.75, 3.05) is 14.1 Å². The van der Waals surface area contributed by atoms with Crippen LogP contribution in [0.25, 0.3) is 5.57 Å². The van der Waals surface area contributed by atoms with Gasteiger partial charge in [0.2, 0.25) is 5.91 Å². The summed E-state index contributed by atoms with van der Waals surface area (Å²) in [7, 11) is 3.69. The normalized spacial score (nSPS) is 13.6. The van der Waals surface area contributed by atoms with Crippen molar-refractivity contribution in [2.24, 2.45) is 11.8 Å². The number of hydrogen-bond acceptors (Lipinski definition) is 3. The standard InChI is InChI=1S/C25H39N3O/c1-9-21(23-13-11-10-12-18(23)4)16-24(20(6)27-8)28-25(29)22(14-17(2)3)15-19(5)26-7/h9-13,17,22,24,26-27H,5-6,14-16H2,1-4,7-8H3,(H,28,29)/b21-9-/t22?,24-/m0/s1. The minimum Gasteiger partial charge on any atom is -0.392 e. The van der Waals surface area contributed by atoms with Crippen LogP contribution in [0.3, 0.4) is 0 Å². The van der Waals surface area contributed by atoms with Gasteiger partial charge in [0.1, 0.15) is 0 Å². The summed E-state index contributed by atoms with van der Waals surface area (Å²) in [6.45, 7) is 16.6. The summed E-state index contributed by atoms with van der Waals surface area (Å²) in [6.07, 6.45) is 4.26. The van der Waals surface area contributed by atoms with Gasteiger partial charge in [0.15, 0.2) is 0 Å². The lowest BCUT2D eigenvalue weighted by atomic mass is 9.90. The molecule has 0 fully saturated rings. The van der Waals surface area contributed by atoms with Crippen LogP contribution in [0.15, 0.2) is 54.9 Å². The zero-order chi connectivity index (χ0) is 22.0. The van der Waals surface area contributed by atoms with E-state index in [4.69, 9.17) is 0 Å². The number of allylic oxidation sites excluding steroid dienone is 2. The largest absolute Gasteiger partial charge is 0.392 e. The molecule has 0 heterocycles. The van der Waals surface area contributed by atoms with Gasteiger partial charge in [-0.25, -0.2) is 0 Å². The van der Waals surface area contributed by atoms with Crippen LogP contribution in [0.2, 0.25) is 0 Å². The van der Waals surface area contributed by atoms with Gasteiger partial charge in [0, 0.05) is 31.4 Å².